The number of pyridine rings is 1. The van der Waals surface area contributed by atoms with E-state index in [0.717, 1.165) is 28.3 Å². The van der Waals surface area contributed by atoms with Gasteiger partial charge < -0.3 is 0 Å². The van der Waals surface area contributed by atoms with E-state index in [0.29, 0.717) is 0 Å². The number of fused-ring (bicyclic) bond motifs is 11. The summed E-state index contributed by atoms with van der Waals surface area (Å²) in [5, 5.41) is 2.50. The molecule has 0 bridgehead atoms. The lowest BCUT2D eigenvalue weighted by Gasteiger charge is -2.31. The Kier molecular flexibility index (Phi) is 6.90. The molecule has 0 N–H and O–H groups in total. The average molecular weight is 702 g/mol. The van der Waals surface area contributed by atoms with Crippen LogP contribution >= 0.6 is 0 Å². The van der Waals surface area contributed by atoms with Gasteiger partial charge in [0.1, 0.15) is 5.82 Å². The van der Waals surface area contributed by atoms with Gasteiger partial charge in [0.05, 0.1) is 16.8 Å². The Morgan fingerprint density at radius 3 is 1.85 bits per heavy atom. The van der Waals surface area contributed by atoms with Crippen LogP contribution in [0.15, 0.2) is 176 Å². The number of rotatable bonds is 4. The molecule has 2 aliphatic carbocycles. The van der Waals surface area contributed by atoms with Crippen LogP contribution in [-0.4, -0.2) is 15.0 Å². The monoisotopic (exact) mass is 701 g/mol. The van der Waals surface area contributed by atoms with Gasteiger partial charge in [0.25, 0.3) is 0 Å². The second kappa shape index (κ2) is 12.0. The molecule has 3 heteroatoms. The highest BCUT2D eigenvalue weighted by atomic mass is 14.9. The van der Waals surface area contributed by atoms with Gasteiger partial charge in [-0.1, -0.05) is 146 Å². The van der Waals surface area contributed by atoms with Crippen molar-refractivity contribution >= 4 is 10.8 Å². The third-order valence-electron chi connectivity index (χ3n) is 11.9. The zero-order valence-electron chi connectivity index (χ0n) is 30.6. The zero-order chi connectivity index (χ0) is 36.7. The molecular formula is C52H35N3. The minimum atomic E-state index is -0.484. The molecule has 0 amide bonds. The van der Waals surface area contributed by atoms with Gasteiger partial charge in [-0.15, -0.1) is 0 Å². The Balaban J connectivity index is 1.07. The predicted molar refractivity (Wildman–Crippen MR) is 225 cm³/mol. The summed E-state index contributed by atoms with van der Waals surface area (Å²) in [7, 11) is 0. The summed E-state index contributed by atoms with van der Waals surface area (Å²) in [6.45, 7) is 4.17. The summed E-state index contributed by atoms with van der Waals surface area (Å²) < 4.78 is 0. The maximum Gasteiger partial charge on any atom is 0.126 e. The summed E-state index contributed by atoms with van der Waals surface area (Å²) in [6, 6.07) is 59.9. The van der Waals surface area contributed by atoms with E-state index >= 15 is 0 Å². The molecule has 55 heavy (non-hydrogen) atoms. The second-order valence-corrected chi connectivity index (χ2v) is 14.8. The molecule has 1 spiro atoms. The highest BCUT2D eigenvalue weighted by Crippen LogP contribution is 2.64. The molecule has 0 saturated heterocycles. The van der Waals surface area contributed by atoms with Gasteiger partial charge >= 0.3 is 0 Å². The number of nitrogens with zero attached hydrogens (tertiary/aromatic N) is 3. The summed E-state index contributed by atoms with van der Waals surface area (Å²) in [5.41, 5.74) is 19.9. The number of benzene rings is 7. The van der Waals surface area contributed by atoms with E-state index in [9.17, 15) is 0 Å². The van der Waals surface area contributed by atoms with Crippen LogP contribution in [0.25, 0.3) is 77.8 Å². The molecule has 0 fully saturated rings. The lowest BCUT2D eigenvalue weighted by atomic mass is 9.70. The Morgan fingerprint density at radius 1 is 0.418 bits per heavy atom. The molecule has 0 radical (unpaired) electrons. The molecule has 9 aromatic rings. The Hall–Kier alpha value is -6.97. The van der Waals surface area contributed by atoms with E-state index in [2.05, 4.69) is 176 Å². The fourth-order valence-corrected chi connectivity index (χ4v) is 9.48. The van der Waals surface area contributed by atoms with Crippen LogP contribution in [0.3, 0.4) is 0 Å². The third kappa shape index (κ3) is 4.60. The molecule has 0 aliphatic heterocycles. The molecule has 258 valence electrons. The second-order valence-electron chi connectivity index (χ2n) is 14.8. The van der Waals surface area contributed by atoms with E-state index < -0.39 is 5.41 Å². The first-order valence-corrected chi connectivity index (χ1v) is 18.9. The topological polar surface area (TPSA) is 38.7 Å². The van der Waals surface area contributed by atoms with Crippen molar-refractivity contribution in [3.8, 4) is 67.0 Å². The van der Waals surface area contributed by atoms with Gasteiger partial charge in [-0.2, -0.15) is 0 Å². The van der Waals surface area contributed by atoms with Gasteiger partial charge in [-0.05, 0) is 110 Å². The minimum absolute atomic E-state index is 0.484. The SMILES string of the molecule is Cc1nc(-c2ccc(-c3cccc4ccccc34)cc2)cc(-c2ccc3c(c2)C2(c4ccccc4-3)c3ccccc3-c3c(-c4cnccc4C)cccc32)n1. The van der Waals surface area contributed by atoms with Crippen molar-refractivity contribution in [3.05, 3.63) is 210 Å². The van der Waals surface area contributed by atoms with Crippen LogP contribution in [0.2, 0.25) is 0 Å². The summed E-state index contributed by atoms with van der Waals surface area (Å²) in [5.74, 6) is 0.747. The lowest BCUT2D eigenvalue weighted by Crippen LogP contribution is -2.26. The van der Waals surface area contributed by atoms with Gasteiger partial charge in [0.2, 0.25) is 0 Å². The quantitative estimate of drug-likeness (QED) is 0.183. The van der Waals surface area contributed by atoms with E-state index in [-0.39, 0.29) is 0 Å². The highest BCUT2D eigenvalue weighted by molar-refractivity contribution is 6.01. The van der Waals surface area contributed by atoms with Crippen LogP contribution in [0.4, 0.5) is 0 Å². The molecule has 2 heterocycles. The predicted octanol–water partition coefficient (Wildman–Crippen LogP) is 12.7. The van der Waals surface area contributed by atoms with Gasteiger partial charge in [-0.25, -0.2) is 9.97 Å². The number of aromatic nitrogens is 3. The standard InChI is InChI=1S/C52H35N3/c1-32-27-28-53-31-44(32)42-17-10-20-47-51(42)43-15-6-8-19-46(43)52(47)45-18-7-5-14-40(45)41-26-25-37(29-48(41)52)50-30-49(54-33(2)55-50)36-23-21-35(22-24-36)39-16-9-12-34-11-3-4-13-38(34)39/h3-31H,1-2H3. The first-order chi connectivity index (χ1) is 27.1. The number of aryl methyl sites for hydroxylation is 2. The van der Waals surface area contributed by atoms with E-state index in [1.54, 1.807) is 0 Å². The van der Waals surface area contributed by atoms with Crippen molar-refractivity contribution in [1.29, 1.82) is 0 Å². The minimum Gasteiger partial charge on any atom is -0.264 e. The van der Waals surface area contributed by atoms with Crippen molar-refractivity contribution in [2.75, 3.05) is 0 Å². The van der Waals surface area contributed by atoms with Crippen molar-refractivity contribution < 1.29 is 0 Å². The van der Waals surface area contributed by atoms with Crippen molar-refractivity contribution in [2.24, 2.45) is 0 Å². The zero-order valence-corrected chi connectivity index (χ0v) is 30.6. The summed E-state index contributed by atoms with van der Waals surface area (Å²) >= 11 is 0. The van der Waals surface area contributed by atoms with Gasteiger partial charge in [-0.3, -0.25) is 4.98 Å². The largest absolute Gasteiger partial charge is 0.264 e. The Bertz CT molecular complexity index is 3010. The van der Waals surface area contributed by atoms with Crippen LogP contribution in [-0.2, 0) is 5.41 Å². The van der Waals surface area contributed by atoms with Crippen molar-refractivity contribution in [1.82, 2.24) is 15.0 Å². The van der Waals surface area contributed by atoms with E-state index in [1.165, 1.54) is 83.1 Å². The van der Waals surface area contributed by atoms with Crippen LogP contribution in [0.5, 0.6) is 0 Å². The maximum absolute atomic E-state index is 5.05. The Morgan fingerprint density at radius 2 is 1.02 bits per heavy atom. The van der Waals surface area contributed by atoms with Crippen molar-refractivity contribution in [3.63, 3.8) is 0 Å². The molecular weight excluding hydrogens is 667 g/mol. The smallest absolute Gasteiger partial charge is 0.126 e. The first kappa shape index (κ1) is 31.5. The van der Waals surface area contributed by atoms with Crippen LogP contribution in [0.1, 0.15) is 33.6 Å². The normalized spacial score (nSPS) is 14.8. The molecule has 0 saturated carbocycles. The number of hydrogen-bond donors (Lipinski definition) is 0. The van der Waals surface area contributed by atoms with Gasteiger partial charge in [0, 0.05) is 29.1 Å². The van der Waals surface area contributed by atoms with Crippen LogP contribution in [0, 0.1) is 13.8 Å². The van der Waals surface area contributed by atoms with Crippen molar-refractivity contribution in [2.45, 2.75) is 19.3 Å². The fraction of sp³-hybridized carbons (Fsp3) is 0.0577. The summed E-state index contributed by atoms with van der Waals surface area (Å²) in [6.07, 6.45) is 3.89. The van der Waals surface area contributed by atoms with E-state index in [1.807, 2.05) is 19.3 Å². The average Bonchev–Trinajstić information content (AvgIpc) is 3.71. The van der Waals surface area contributed by atoms with Crippen LogP contribution < -0.4 is 0 Å². The highest BCUT2D eigenvalue weighted by Gasteiger charge is 2.52. The maximum atomic E-state index is 5.05. The number of hydrogen-bond acceptors (Lipinski definition) is 3. The molecule has 3 nitrogen and oxygen atoms in total. The molecule has 7 aromatic carbocycles. The third-order valence-corrected chi connectivity index (χ3v) is 11.9. The molecule has 2 aromatic heterocycles. The van der Waals surface area contributed by atoms with E-state index in [4.69, 9.17) is 9.97 Å². The molecule has 1 unspecified atom stereocenters. The molecule has 1 atom stereocenters. The molecule has 2 aliphatic rings. The summed E-state index contributed by atoms with van der Waals surface area (Å²) in [4.78, 5) is 14.6. The first-order valence-electron chi connectivity index (χ1n) is 18.9. The lowest BCUT2D eigenvalue weighted by molar-refractivity contribution is 0.794. The Labute approximate surface area is 320 Å². The van der Waals surface area contributed by atoms with Gasteiger partial charge in [0.15, 0.2) is 0 Å². The molecule has 11 rings (SSSR count). The fourth-order valence-electron chi connectivity index (χ4n) is 9.48.